The van der Waals surface area contributed by atoms with Crippen LogP contribution in [0, 0.1) is 6.92 Å². The maximum absolute atomic E-state index is 12.1. The first kappa shape index (κ1) is 16.2. The first-order valence-electron chi connectivity index (χ1n) is 7.72. The summed E-state index contributed by atoms with van der Waals surface area (Å²) < 4.78 is 12.2. The van der Waals surface area contributed by atoms with Crippen LogP contribution in [0.1, 0.15) is 24.3 Å². The van der Waals surface area contributed by atoms with E-state index >= 15 is 0 Å². The molecule has 1 atom stereocenters. The van der Waals surface area contributed by atoms with Gasteiger partial charge in [0, 0.05) is 23.2 Å². The number of rotatable bonds is 5. The molecule has 2 aromatic rings. The Morgan fingerprint density at radius 1 is 1.48 bits per heavy atom. The van der Waals surface area contributed by atoms with Gasteiger partial charge in [-0.3, -0.25) is 4.79 Å². The minimum Gasteiger partial charge on any atom is -0.441 e. The van der Waals surface area contributed by atoms with Crippen molar-refractivity contribution in [1.29, 1.82) is 0 Å². The van der Waals surface area contributed by atoms with Crippen LogP contribution in [0.2, 0.25) is 0 Å². The maximum atomic E-state index is 12.1. The van der Waals surface area contributed by atoms with Crippen LogP contribution >= 0.6 is 15.9 Å². The zero-order valence-corrected chi connectivity index (χ0v) is 14.6. The second-order valence-corrected chi connectivity index (χ2v) is 6.56. The minimum absolute atomic E-state index is 0.0577. The van der Waals surface area contributed by atoms with Gasteiger partial charge in [0.25, 0.3) is 0 Å². The number of carbonyl (C=O) groups is 1. The van der Waals surface area contributed by atoms with Crippen molar-refractivity contribution in [3.63, 3.8) is 0 Å². The van der Waals surface area contributed by atoms with Crippen LogP contribution < -0.4 is 5.32 Å². The molecule has 1 aliphatic heterocycles. The summed E-state index contributed by atoms with van der Waals surface area (Å²) in [6.07, 6.45) is 2.44. The normalized spacial score (nSPS) is 17.4. The van der Waals surface area contributed by atoms with E-state index in [1.165, 1.54) is 0 Å². The molecule has 0 bridgehead atoms. The van der Waals surface area contributed by atoms with E-state index in [0.29, 0.717) is 23.9 Å². The van der Waals surface area contributed by atoms with E-state index in [1.807, 2.05) is 31.2 Å². The molecule has 0 aliphatic carbocycles. The van der Waals surface area contributed by atoms with Crippen molar-refractivity contribution in [3.8, 4) is 11.5 Å². The Labute approximate surface area is 143 Å². The molecule has 1 aliphatic rings. The Morgan fingerprint density at radius 2 is 2.35 bits per heavy atom. The smallest absolute Gasteiger partial charge is 0.226 e. The van der Waals surface area contributed by atoms with Crippen LogP contribution in [0.25, 0.3) is 11.5 Å². The molecule has 0 spiro atoms. The highest BCUT2D eigenvalue weighted by atomic mass is 79.9. The SMILES string of the molecule is Cc1oc(-c2cccc(Br)c2)nc1CC(=O)NCC1CCCO1. The molecular weight excluding hydrogens is 360 g/mol. The number of hydrogen-bond donors (Lipinski definition) is 1. The fraction of sp³-hybridized carbons (Fsp3) is 0.412. The van der Waals surface area contributed by atoms with E-state index in [-0.39, 0.29) is 18.4 Å². The quantitative estimate of drug-likeness (QED) is 0.866. The van der Waals surface area contributed by atoms with E-state index in [2.05, 4.69) is 26.2 Å². The predicted molar refractivity (Wildman–Crippen MR) is 90.1 cm³/mol. The van der Waals surface area contributed by atoms with Crippen molar-refractivity contribution in [2.75, 3.05) is 13.2 Å². The molecule has 1 saturated heterocycles. The van der Waals surface area contributed by atoms with Gasteiger partial charge in [-0.2, -0.15) is 0 Å². The van der Waals surface area contributed by atoms with Gasteiger partial charge in [0.2, 0.25) is 11.8 Å². The van der Waals surface area contributed by atoms with Crippen LogP contribution in [0.15, 0.2) is 33.2 Å². The van der Waals surface area contributed by atoms with Crippen molar-refractivity contribution in [2.45, 2.75) is 32.3 Å². The highest BCUT2D eigenvalue weighted by Crippen LogP contribution is 2.24. The van der Waals surface area contributed by atoms with Crippen LogP contribution in [0.5, 0.6) is 0 Å². The average Bonchev–Trinajstić information content (AvgIpc) is 3.16. The summed E-state index contributed by atoms with van der Waals surface area (Å²) in [5.41, 5.74) is 1.55. The van der Waals surface area contributed by atoms with E-state index in [9.17, 15) is 4.79 Å². The fourth-order valence-corrected chi connectivity index (χ4v) is 2.98. The van der Waals surface area contributed by atoms with Crippen molar-refractivity contribution in [1.82, 2.24) is 10.3 Å². The lowest BCUT2D eigenvalue weighted by Gasteiger charge is -2.10. The van der Waals surface area contributed by atoms with Crippen LogP contribution in [0.3, 0.4) is 0 Å². The molecule has 0 radical (unpaired) electrons. The number of nitrogens with zero attached hydrogens (tertiary/aromatic N) is 1. The van der Waals surface area contributed by atoms with Gasteiger partial charge < -0.3 is 14.5 Å². The van der Waals surface area contributed by atoms with Gasteiger partial charge in [-0.15, -0.1) is 0 Å². The number of hydrogen-bond acceptors (Lipinski definition) is 4. The zero-order valence-electron chi connectivity index (χ0n) is 13.0. The van der Waals surface area contributed by atoms with Gasteiger partial charge in [-0.05, 0) is 38.0 Å². The summed E-state index contributed by atoms with van der Waals surface area (Å²) in [5, 5.41) is 2.91. The maximum Gasteiger partial charge on any atom is 0.226 e. The summed E-state index contributed by atoms with van der Waals surface area (Å²) in [6.45, 7) is 3.18. The molecule has 2 heterocycles. The van der Waals surface area contributed by atoms with Gasteiger partial charge in [-0.25, -0.2) is 4.98 Å². The Bertz CT molecular complexity index is 693. The molecule has 1 aromatic carbocycles. The second-order valence-electron chi connectivity index (χ2n) is 5.65. The van der Waals surface area contributed by atoms with E-state index in [0.717, 1.165) is 29.5 Å². The second kappa shape index (κ2) is 7.27. The summed E-state index contributed by atoms with van der Waals surface area (Å²) in [4.78, 5) is 16.5. The summed E-state index contributed by atoms with van der Waals surface area (Å²) in [6, 6.07) is 7.73. The topological polar surface area (TPSA) is 64.4 Å². The monoisotopic (exact) mass is 378 g/mol. The molecule has 23 heavy (non-hydrogen) atoms. The lowest BCUT2D eigenvalue weighted by atomic mass is 10.2. The molecule has 1 unspecified atom stereocenters. The highest BCUT2D eigenvalue weighted by Gasteiger charge is 2.18. The summed E-state index contributed by atoms with van der Waals surface area (Å²) in [5.74, 6) is 1.15. The molecule has 5 nitrogen and oxygen atoms in total. The van der Waals surface area contributed by atoms with Crippen molar-refractivity contribution < 1.29 is 13.9 Å². The molecule has 1 amide bonds. The van der Waals surface area contributed by atoms with Crippen molar-refractivity contribution in [2.24, 2.45) is 0 Å². The first-order valence-corrected chi connectivity index (χ1v) is 8.51. The van der Waals surface area contributed by atoms with Gasteiger partial charge in [0.15, 0.2) is 0 Å². The molecule has 6 heteroatoms. The van der Waals surface area contributed by atoms with Crippen molar-refractivity contribution in [3.05, 3.63) is 40.2 Å². The highest BCUT2D eigenvalue weighted by molar-refractivity contribution is 9.10. The summed E-state index contributed by atoms with van der Waals surface area (Å²) >= 11 is 3.43. The minimum atomic E-state index is -0.0577. The number of aryl methyl sites for hydroxylation is 1. The number of aromatic nitrogens is 1. The Kier molecular flexibility index (Phi) is 5.13. The van der Waals surface area contributed by atoms with Gasteiger partial charge >= 0.3 is 0 Å². The number of carbonyl (C=O) groups excluding carboxylic acids is 1. The lowest BCUT2D eigenvalue weighted by Crippen LogP contribution is -2.32. The van der Waals surface area contributed by atoms with E-state index in [4.69, 9.17) is 9.15 Å². The molecule has 122 valence electrons. The van der Waals surface area contributed by atoms with Gasteiger partial charge in [0.1, 0.15) is 5.76 Å². The number of halogens is 1. The van der Waals surface area contributed by atoms with Gasteiger partial charge in [-0.1, -0.05) is 22.0 Å². The Balaban J connectivity index is 1.62. The molecule has 1 N–H and O–H groups in total. The third-order valence-electron chi connectivity index (χ3n) is 3.84. The van der Waals surface area contributed by atoms with E-state index < -0.39 is 0 Å². The van der Waals surface area contributed by atoms with E-state index in [1.54, 1.807) is 0 Å². The largest absolute Gasteiger partial charge is 0.441 e. The first-order chi connectivity index (χ1) is 11.1. The zero-order chi connectivity index (χ0) is 16.2. The third kappa shape index (κ3) is 4.20. The Morgan fingerprint density at radius 3 is 3.09 bits per heavy atom. The van der Waals surface area contributed by atoms with Gasteiger partial charge in [0.05, 0.1) is 18.2 Å². The molecular formula is C17H19BrN2O3. The predicted octanol–water partition coefficient (Wildman–Crippen LogP) is 3.25. The standard InChI is InChI=1S/C17H19BrN2O3/c1-11-15(9-16(21)19-10-14-6-3-7-22-14)20-17(23-11)12-4-2-5-13(18)8-12/h2,4-5,8,14H,3,6-7,9-10H2,1H3,(H,19,21). The number of benzene rings is 1. The summed E-state index contributed by atoms with van der Waals surface area (Å²) in [7, 11) is 0. The molecule has 1 fully saturated rings. The number of oxazole rings is 1. The molecule has 0 saturated carbocycles. The fourth-order valence-electron chi connectivity index (χ4n) is 2.58. The number of nitrogens with one attached hydrogen (secondary N) is 1. The van der Waals surface area contributed by atoms with Crippen LogP contribution in [0.4, 0.5) is 0 Å². The lowest BCUT2D eigenvalue weighted by molar-refractivity contribution is -0.121. The molecule has 3 rings (SSSR count). The van der Waals surface area contributed by atoms with Crippen molar-refractivity contribution >= 4 is 21.8 Å². The van der Waals surface area contributed by atoms with Crippen LogP contribution in [-0.4, -0.2) is 30.1 Å². The Hall–Kier alpha value is -1.66. The third-order valence-corrected chi connectivity index (χ3v) is 4.34. The number of amides is 1. The molecule has 1 aromatic heterocycles. The average molecular weight is 379 g/mol. The number of ether oxygens (including phenoxy) is 1. The van der Waals surface area contributed by atoms with Crippen LogP contribution in [-0.2, 0) is 16.0 Å².